The van der Waals surface area contributed by atoms with Crippen LogP contribution in [0.15, 0.2) is 127 Å². The van der Waals surface area contributed by atoms with Crippen molar-refractivity contribution in [3.63, 3.8) is 0 Å². The normalized spacial score (nSPS) is 18.1. The minimum absolute atomic E-state index is 0.194. The summed E-state index contributed by atoms with van der Waals surface area (Å²) in [6, 6.07) is 41.4. The zero-order valence-electron chi connectivity index (χ0n) is 31.4. The van der Waals surface area contributed by atoms with Gasteiger partial charge >= 0.3 is 0 Å². The molecular weight excluding hydrogens is 579 g/mol. The fourth-order valence-corrected chi connectivity index (χ4v) is 8.48. The molecule has 0 amide bonds. The van der Waals surface area contributed by atoms with Gasteiger partial charge in [-0.3, -0.25) is 0 Å². The van der Waals surface area contributed by atoms with Gasteiger partial charge in [0.05, 0.1) is 15.7 Å². The number of benzene rings is 6. The summed E-state index contributed by atoms with van der Waals surface area (Å²) in [6.45, 7) is -1.31. The first-order chi connectivity index (χ1) is 24.9. The molecule has 0 bridgehead atoms. The van der Waals surface area contributed by atoms with E-state index in [9.17, 15) is 0 Å². The average molecular weight is 618 g/mol. The summed E-state index contributed by atoms with van der Waals surface area (Å²) in [5.74, 6) is 0.814. The molecule has 0 fully saturated rings. The van der Waals surface area contributed by atoms with Gasteiger partial charge < -0.3 is 9.30 Å². The van der Waals surface area contributed by atoms with Gasteiger partial charge in [0.25, 0.3) is 0 Å². The van der Waals surface area contributed by atoms with E-state index in [2.05, 4.69) is 59.2 Å². The molecule has 0 spiro atoms. The van der Waals surface area contributed by atoms with Crippen molar-refractivity contribution in [1.29, 1.82) is 0 Å². The Morgan fingerprint density at radius 2 is 1.52 bits per heavy atom. The van der Waals surface area contributed by atoms with Gasteiger partial charge in [-0.05, 0) is 71.9 Å². The van der Waals surface area contributed by atoms with E-state index >= 15 is 0 Å². The first-order valence-corrected chi connectivity index (χ1v) is 16.3. The summed E-state index contributed by atoms with van der Waals surface area (Å²) in [5.41, 5.74) is 6.18. The van der Waals surface area contributed by atoms with Gasteiger partial charge in [-0.2, -0.15) is 0 Å². The van der Waals surface area contributed by atoms with Crippen LogP contribution in [0, 0.1) is 13.8 Å². The van der Waals surface area contributed by atoms with Crippen molar-refractivity contribution in [2.24, 2.45) is 0 Å². The zero-order chi connectivity index (χ0) is 36.2. The largest absolute Gasteiger partial charge is 0.456 e. The Morgan fingerprint density at radius 3 is 2.41 bits per heavy atom. The number of aryl methyl sites for hydroxylation is 1. The van der Waals surface area contributed by atoms with E-state index in [0.29, 0.717) is 39.3 Å². The number of ether oxygens (including phenoxy) is 1. The molecule has 0 N–H and O–H groups in total. The highest BCUT2D eigenvalue weighted by Crippen LogP contribution is 2.52. The number of fused-ring (bicyclic) bond motifs is 7. The van der Waals surface area contributed by atoms with E-state index in [0.717, 1.165) is 27.8 Å². The Hall–Kier alpha value is -5.12. The Morgan fingerprint density at radius 1 is 0.739 bits per heavy atom. The molecule has 3 heteroatoms. The SMILES string of the molecule is [2H]C([2H])([2H])c1c(-c2cccc(-n3c4ccccc4c4sc5ccccc5c43)c2)ccc(C)c1-c1cccc2c1Oc1ccccc1C2(C)C([2H])([2H])[2H]. The fourth-order valence-electron chi connectivity index (χ4n) is 7.25. The van der Waals surface area contributed by atoms with Crippen LogP contribution in [0.3, 0.4) is 0 Å². The van der Waals surface area contributed by atoms with Gasteiger partial charge in [0.2, 0.25) is 0 Å². The fraction of sp³-hybridized carbons (Fsp3) is 0.116. The number of hydrogen-bond acceptors (Lipinski definition) is 2. The average Bonchev–Trinajstić information content (AvgIpc) is 3.65. The molecule has 46 heavy (non-hydrogen) atoms. The highest BCUT2D eigenvalue weighted by atomic mass is 32.1. The lowest BCUT2D eigenvalue weighted by Crippen LogP contribution is -2.24. The summed E-state index contributed by atoms with van der Waals surface area (Å²) < 4.78 is 64.2. The van der Waals surface area contributed by atoms with Crippen molar-refractivity contribution in [3.8, 4) is 39.4 Å². The van der Waals surface area contributed by atoms with E-state index in [1.54, 1.807) is 42.5 Å². The molecule has 9 rings (SSSR count). The van der Waals surface area contributed by atoms with Crippen LogP contribution in [0.1, 0.15) is 44.3 Å². The van der Waals surface area contributed by atoms with Crippen molar-refractivity contribution in [1.82, 2.24) is 4.57 Å². The van der Waals surface area contributed by atoms with Crippen LogP contribution < -0.4 is 4.74 Å². The first-order valence-electron chi connectivity index (χ1n) is 18.4. The lowest BCUT2D eigenvalue weighted by Gasteiger charge is -2.35. The molecule has 3 heterocycles. The molecule has 0 saturated heterocycles. The molecule has 2 aromatic heterocycles. The number of hydrogen-bond donors (Lipinski definition) is 0. The number of aromatic nitrogens is 1. The Kier molecular flexibility index (Phi) is 4.66. The summed E-state index contributed by atoms with van der Waals surface area (Å²) in [6.07, 6.45) is 0. The van der Waals surface area contributed by atoms with Gasteiger partial charge in [-0.25, -0.2) is 0 Å². The third-order valence-electron chi connectivity index (χ3n) is 9.47. The summed E-state index contributed by atoms with van der Waals surface area (Å²) in [5, 5.41) is 2.34. The molecule has 2 nitrogen and oxygen atoms in total. The van der Waals surface area contributed by atoms with E-state index in [1.165, 1.54) is 20.2 Å². The van der Waals surface area contributed by atoms with E-state index < -0.39 is 19.1 Å². The summed E-state index contributed by atoms with van der Waals surface area (Å²) in [7, 11) is 0. The molecule has 0 radical (unpaired) electrons. The Labute approximate surface area is 281 Å². The zero-order valence-corrected chi connectivity index (χ0v) is 26.2. The van der Waals surface area contributed by atoms with Crippen molar-refractivity contribution < 1.29 is 13.0 Å². The molecule has 6 aromatic carbocycles. The second-order valence-corrected chi connectivity index (χ2v) is 13.3. The maximum absolute atomic E-state index is 8.96. The Balaban J connectivity index is 1.29. The van der Waals surface area contributed by atoms with Crippen LogP contribution in [-0.2, 0) is 5.41 Å². The molecule has 0 saturated carbocycles. The minimum atomic E-state index is -2.52. The number of nitrogens with zero attached hydrogens (tertiary/aromatic N) is 1. The predicted octanol–water partition coefficient (Wildman–Crippen LogP) is 12.4. The van der Waals surface area contributed by atoms with E-state index in [-0.39, 0.29) is 5.56 Å². The molecule has 1 aliphatic heterocycles. The third kappa shape index (κ3) is 3.82. The molecule has 222 valence electrons. The third-order valence-corrected chi connectivity index (χ3v) is 10.7. The lowest BCUT2D eigenvalue weighted by molar-refractivity contribution is 0.419. The summed E-state index contributed by atoms with van der Waals surface area (Å²) >= 11 is 1.78. The van der Waals surface area contributed by atoms with Crippen molar-refractivity contribution in [2.45, 2.75) is 33.0 Å². The van der Waals surface area contributed by atoms with Gasteiger partial charge in [0, 0.05) is 51.5 Å². The second-order valence-electron chi connectivity index (χ2n) is 12.3. The minimum Gasteiger partial charge on any atom is -0.456 e. The molecule has 1 atom stereocenters. The number of thiophene rings is 1. The van der Waals surface area contributed by atoms with Crippen molar-refractivity contribution in [2.75, 3.05) is 0 Å². The van der Waals surface area contributed by atoms with Gasteiger partial charge in [0.1, 0.15) is 11.5 Å². The molecular formula is C43H33NOS. The van der Waals surface area contributed by atoms with Crippen LogP contribution in [0.2, 0.25) is 0 Å². The van der Waals surface area contributed by atoms with Gasteiger partial charge in [-0.15, -0.1) is 11.3 Å². The maximum Gasteiger partial charge on any atom is 0.139 e. The number of para-hydroxylation sites is 3. The van der Waals surface area contributed by atoms with Crippen LogP contribution in [0.4, 0.5) is 0 Å². The van der Waals surface area contributed by atoms with Crippen LogP contribution in [0.25, 0.3) is 59.1 Å². The number of rotatable bonds is 3. The second kappa shape index (κ2) is 9.94. The first kappa shape index (κ1) is 21.6. The van der Waals surface area contributed by atoms with Crippen LogP contribution >= 0.6 is 11.3 Å². The quantitative estimate of drug-likeness (QED) is 0.192. The van der Waals surface area contributed by atoms with Crippen LogP contribution in [-0.4, -0.2) is 4.57 Å². The van der Waals surface area contributed by atoms with E-state index in [1.807, 2.05) is 55.5 Å². The molecule has 1 aliphatic rings. The standard InChI is InChI=1S/C43H33NOS/c1-26-23-24-30(27(2)39(26)33-17-12-19-35-41(33)45-37-21-9-7-18-34(37)43(35,3)4)28-13-11-14-29(25-28)44-36-20-8-5-15-31(36)42-40(44)32-16-6-10-22-38(32)46-42/h5-25H,1-4H3/i2D3,3D3. The topological polar surface area (TPSA) is 14.2 Å². The smallest absolute Gasteiger partial charge is 0.139 e. The van der Waals surface area contributed by atoms with Crippen LogP contribution in [0.5, 0.6) is 11.5 Å². The highest BCUT2D eigenvalue weighted by molar-refractivity contribution is 7.26. The monoisotopic (exact) mass is 617 g/mol. The van der Waals surface area contributed by atoms with E-state index in [4.69, 9.17) is 13.0 Å². The lowest BCUT2D eigenvalue weighted by atomic mass is 9.74. The van der Waals surface area contributed by atoms with Gasteiger partial charge in [-0.1, -0.05) is 111 Å². The predicted molar refractivity (Wildman–Crippen MR) is 195 cm³/mol. The van der Waals surface area contributed by atoms with Crippen molar-refractivity contribution in [3.05, 3.63) is 150 Å². The Bertz CT molecular complexity index is 2730. The maximum atomic E-state index is 8.96. The summed E-state index contributed by atoms with van der Waals surface area (Å²) in [4.78, 5) is 0. The highest BCUT2D eigenvalue weighted by Gasteiger charge is 2.35. The van der Waals surface area contributed by atoms with Crippen molar-refractivity contribution >= 4 is 42.5 Å². The van der Waals surface area contributed by atoms with Gasteiger partial charge in [0.15, 0.2) is 0 Å². The molecule has 1 unspecified atom stereocenters. The molecule has 0 aliphatic carbocycles. The molecule has 8 aromatic rings.